The lowest BCUT2D eigenvalue weighted by molar-refractivity contribution is -0.121. The summed E-state index contributed by atoms with van der Waals surface area (Å²) in [6, 6.07) is 11.9. The van der Waals surface area contributed by atoms with E-state index in [0.717, 1.165) is 4.90 Å². The molecule has 128 valence electrons. The maximum Gasteiger partial charge on any atom is 0.265 e. The van der Waals surface area contributed by atoms with Crippen molar-refractivity contribution in [2.24, 2.45) is 0 Å². The molecule has 0 unspecified atom stereocenters. The number of nitrogens with zero attached hydrogens (tertiary/aromatic N) is 1. The van der Waals surface area contributed by atoms with Crippen molar-refractivity contribution in [1.82, 2.24) is 10.9 Å². The van der Waals surface area contributed by atoms with Gasteiger partial charge in [-0.15, -0.1) is 0 Å². The normalized spacial score (nSPS) is 17.0. The second-order valence-corrected chi connectivity index (χ2v) is 6.28. The lowest BCUT2D eigenvalue weighted by Crippen LogP contribution is -2.48. The molecule has 25 heavy (non-hydrogen) atoms. The summed E-state index contributed by atoms with van der Waals surface area (Å²) in [6.45, 7) is 0. The van der Waals surface area contributed by atoms with Crippen LogP contribution < -0.4 is 15.8 Å². The largest absolute Gasteiger partial charge is 0.287 e. The molecule has 3 rings (SSSR count). The summed E-state index contributed by atoms with van der Waals surface area (Å²) in [5.41, 5.74) is 5.82. The average molecular weight is 378 g/mol. The van der Waals surface area contributed by atoms with Crippen molar-refractivity contribution in [3.63, 3.8) is 0 Å². The molecule has 2 aromatic carbocycles. The van der Waals surface area contributed by atoms with Crippen LogP contribution in [0, 0.1) is 0 Å². The van der Waals surface area contributed by atoms with E-state index in [1.54, 1.807) is 42.5 Å². The average Bonchev–Trinajstić information content (AvgIpc) is 2.87. The molecular formula is C17H13Cl2N3O3. The number of carbonyl (C=O) groups is 3. The summed E-state index contributed by atoms with van der Waals surface area (Å²) < 4.78 is 0. The van der Waals surface area contributed by atoms with Crippen LogP contribution in [0.1, 0.15) is 16.8 Å². The number of carbonyl (C=O) groups excluding carboxylic acids is 3. The fraction of sp³-hybridized carbons (Fsp3) is 0.118. The fourth-order valence-corrected chi connectivity index (χ4v) is 2.78. The van der Waals surface area contributed by atoms with Gasteiger partial charge in [-0.2, -0.15) is 0 Å². The number of rotatable bonds is 4. The fourth-order valence-electron chi connectivity index (χ4n) is 2.46. The van der Waals surface area contributed by atoms with E-state index in [4.69, 9.17) is 23.2 Å². The van der Waals surface area contributed by atoms with Crippen LogP contribution in [0.4, 0.5) is 5.69 Å². The van der Waals surface area contributed by atoms with Gasteiger partial charge in [-0.1, -0.05) is 29.3 Å². The Bertz CT molecular complexity index is 839. The first-order chi connectivity index (χ1) is 12.0. The SMILES string of the molecule is O=C(NN[C@@H]1CC(=O)N(c2ccc(Cl)cc2)C1=O)c1cccc(Cl)c1. The number of hydrogen-bond donors (Lipinski definition) is 2. The quantitative estimate of drug-likeness (QED) is 0.633. The molecule has 1 aliphatic heterocycles. The summed E-state index contributed by atoms with van der Waals surface area (Å²) in [5.74, 6) is -1.26. The van der Waals surface area contributed by atoms with E-state index in [0.29, 0.717) is 21.3 Å². The molecule has 0 bridgehead atoms. The first-order valence-electron chi connectivity index (χ1n) is 7.39. The lowest BCUT2D eigenvalue weighted by atomic mass is 10.2. The van der Waals surface area contributed by atoms with E-state index >= 15 is 0 Å². The van der Waals surface area contributed by atoms with Crippen molar-refractivity contribution >= 4 is 46.6 Å². The van der Waals surface area contributed by atoms with Crippen LogP contribution in [0.15, 0.2) is 48.5 Å². The maximum atomic E-state index is 12.4. The third kappa shape index (κ3) is 3.82. The van der Waals surface area contributed by atoms with E-state index < -0.39 is 17.9 Å². The molecular weight excluding hydrogens is 365 g/mol. The van der Waals surface area contributed by atoms with Gasteiger partial charge in [0, 0.05) is 15.6 Å². The number of imide groups is 1. The molecule has 2 N–H and O–H groups in total. The predicted molar refractivity (Wildman–Crippen MR) is 94.4 cm³/mol. The number of anilines is 1. The van der Waals surface area contributed by atoms with Gasteiger partial charge in [-0.3, -0.25) is 19.8 Å². The van der Waals surface area contributed by atoms with Gasteiger partial charge in [0.15, 0.2) is 0 Å². The number of benzene rings is 2. The van der Waals surface area contributed by atoms with Crippen molar-refractivity contribution < 1.29 is 14.4 Å². The van der Waals surface area contributed by atoms with Crippen molar-refractivity contribution in [1.29, 1.82) is 0 Å². The molecule has 0 spiro atoms. The van der Waals surface area contributed by atoms with E-state index in [-0.39, 0.29) is 12.3 Å². The molecule has 2 aromatic rings. The van der Waals surface area contributed by atoms with Crippen molar-refractivity contribution in [2.75, 3.05) is 4.90 Å². The Morgan fingerprint density at radius 1 is 1.04 bits per heavy atom. The van der Waals surface area contributed by atoms with Gasteiger partial charge in [-0.05, 0) is 42.5 Å². The third-order valence-electron chi connectivity index (χ3n) is 3.68. The van der Waals surface area contributed by atoms with Gasteiger partial charge in [0.1, 0.15) is 6.04 Å². The van der Waals surface area contributed by atoms with E-state index in [1.807, 2.05) is 0 Å². The van der Waals surface area contributed by atoms with Crippen molar-refractivity contribution in [2.45, 2.75) is 12.5 Å². The van der Waals surface area contributed by atoms with Crippen molar-refractivity contribution in [3.8, 4) is 0 Å². The van der Waals surface area contributed by atoms with Gasteiger partial charge in [0.25, 0.3) is 11.8 Å². The number of halogens is 2. The predicted octanol–water partition coefficient (Wildman–Crippen LogP) is 2.56. The first-order valence-corrected chi connectivity index (χ1v) is 8.15. The zero-order valence-corrected chi connectivity index (χ0v) is 14.3. The highest BCUT2D eigenvalue weighted by molar-refractivity contribution is 6.31. The number of amides is 3. The minimum Gasteiger partial charge on any atom is -0.287 e. The standard InChI is InChI=1S/C17H13Cl2N3O3/c18-11-4-6-13(7-5-11)22-15(23)9-14(17(22)25)20-21-16(24)10-2-1-3-12(19)8-10/h1-8,14,20H,9H2,(H,21,24)/t14-/m1/s1. The summed E-state index contributed by atoms with van der Waals surface area (Å²) in [4.78, 5) is 37.7. The van der Waals surface area contributed by atoms with Crippen LogP contribution in [0.25, 0.3) is 0 Å². The van der Waals surface area contributed by atoms with Crippen LogP contribution in [0.3, 0.4) is 0 Å². The molecule has 1 saturated heterocycles. The molecule has 1 atom stereocenters. The molecule has 6 nitrogen and oxygen atoms in total. The van der Waals surface area contributed by atoms with E-state index in [9.17, 15) is 14.4 Å². The van der Waals surface area contributed by atoms with Crippen LogP contribution in [0.5, 0.6) is 0 Å². The topological polar surface area (TPSA) is 78.5 Å². The van der Waals surface area contributed by atoms with Crippen LogP contribution in [-0.4, -0.2) is 23.8 Å². The van der Waals surface area contributed by atoms with Gasteiger partial charge in [0.2, 0.25) is 5.91 Å². The van der Waals surface area contributed by atoms with E-state index in [2.05, 4.69) is 10.9 Å². The minimum absolute atomic E-state index is 0.0582. The Morgan fingerprint density at radius 3 is 2.44 bits per heavy atom. The second kappa shape index (κ2) is 7.23. The molecule has 3 amide bonds. The zero-order valence-electron chi connectivity index (χ0n) is 12.8. The Morgan fingerprint density at radius 2 is 1.76 bits per heavy atom. The van der Waals surface area contributed by atoms with Crippen LogP contribution in [-0.2, 0) is 9.59 Å². The Balaban J connectivity index is 1.66. The van der Waals surface area contributed by atoms with Gasteiger partial charge >= 0.3 is 0 Å². The third-order valence-corrected chi connectivity index (χ3v) is 4.17. The first kappa shape index (κ1) is 17.4. The van der Waals surface area contributed by atoms with Gasteiger partial charge < -0.3 is 0 Å². The molecule has 1 heterocycles. The highest BCUT2D eigenvalue weighted by Crippen LogP contribution is 2.24. The zero-order chi connectivity index (χ0) is 18.0. The summed E-state index contributed by atoms with van der Waals surface area (Å²) in [5, 5.41) is 0.931. The van der Waals surface area contributed by atoms with Gasteiger partial charge in [0.05, 0.1) is 12.1 Å². The molecule has 8 heteroatoms. The molecule has 1 aliphatic rings. The molecule has 0 saturated carbocycles. The summed E-state index contributed by atoms with van der Waals surface area (Å²) in [7, 11) is 0. The highest BCUT2D eigenvalue weighted by atomic mass is 35.5. The monoisotopic (exact) mass is 377 g/mol. The molecule has 0 aromatic heterocycles. The number of hydrogen-bond acceptors (Lipinski definition) is 4. The summed E-state index contributed by atoms with van der Waals surface area (Å²) in [6.07, 6.45) is -0.0582. The minimum atomic E-state index is -0.841. The molecule has 0 aliphatic carbocycles. The number of nitrogens with one attached hydrogen (secondary N) is 2. The number of hydrazine groups is 1. The Kier molecular flexibility index (Phi) is 5.03. The lowest BCUT2D eigenvalue weighted by Gasteiger charge is -2.16. The van der Waals surface area contributed by atoms with Crippen molar-refractivity contribution in [3.05, 3.63) is 64.1 Å². The highest BCUT2D eigenvalue weighted by Gasteiger charge is 2.39. The Hall–Kier alpha value is -2.41. The maximum absolute atomic E-state index is 12.4. The smallest absolute Gasteiger partial charge is 0.265 e. The molecule has 1 fully saturated rings. The van der Waals surface area contributed by atoms with Crippen LogP contribution in [0.2, 0.25) is 10.0 Å². The second-order valence-electron chi connectivity index (χ2n) is 5.41. The van der Waals surface area contributed by atoms with Crippen LogP contribution >= 0.6 is 23.2 Å². The van der Waals surface area contributed by atoms with E-state index in [1.165, 1.54) is 6.07 Å². The summed E-state index contributed by atoms with van der Waals surface area (Å²) >= 11 is 11.7. The molecule has 0 radical (unpaired) electrons. The van der Waals surface area contributed by atoms with Gasteiger partial charge in [-0.25, -0.2) is 10.3 Å². The Labute approximate surface area is 153 Å².